The molecule has 0 bridgehead atoms. The van der Waals surface area contributed by atoms with Gasteiger partial charge in [0.05, 0.1) is 38.4 Å². The van der Waals surface area contributed by atoms with E-state index in [4.69, 9.17) is 14.2 Å². The number of hydrogen-bond acceptors (Lipinski definition) is 9. The molecule has 10 nitrogen and oxygen atoms in total. The first-order chi connectivity index (χ1) is 24.8. The molecule has 2 aliphatic heterocycles. The summed E-state index contributed by atoms with van der Waals surface area (Å²) in [7, 11) is 0. The third-order valence-corrected chi connectivity index (χ3v) is 10.2. The molecule has 5 atom stereocenters. The van der Waals surface area contributed by atoms with E-state index in [-0.39, 0.29) is 56.8 Å². The Morgan fingerprint density at radius 3 is 2.33 bits per heavy atom. The van der Waals surface area contributed by atoms with E-state index in [1.165, 1.54) is 4.90 Å². The van der Waals surface area contributed by atoms with Gasteiger partial charge in [0.25, 0.3) is 5.91 Å². The highest BCUT2D eigenvalue weighted by Gasteiger charge is 2.40. The summed E-state index contributed by atoms with van der Waals surface area (Å²) in [5, 5.41) is 21.4. The van der Waals surface area contributed by atoms with Gasteiger partial charge >= 0.3 is 6.09 Å². The number of aliphatic hydroxyl groups excluding tert-OH is 2. The SMILES string of the molecule is C[C@@H]1[C@H](CSCCO)O[C@H](c2cccc(-c3cccc(CN4C(=O)CC(NC(=O)OCc5ccccc5)C4=O)c3)c2)O[C@@H]1c1ccc(CO)cc1. The van der Waals surface area contributed by atoms with Crippen LogP contribution >= 0.6 is 11.8 Å². The van der Waals surface area contributed by atoms with Gasteiger partial charge in [-0.2, -0.15) is 11.8 Å². The lowest BCUT2D eigenvalue weighted by atomic mass is 9.91. The Labute approximate surface area is 301 Å². The van der Waals surface area contributed by atoms with Gasteiger partial charge in [0.1, 0.15) is 12.6 Å². The number of benzene rings is 4. The van der Waals surface area contributed by atoms with E-state index in [2.05, 4.69) is 12.2 Å². The predicted molar refractivity (Wildman–Crippen MR) is 193 cm³/mol. The third kappa shape index (κ3) is 9.05. The predicted octanol–water partition coefficient (Wildman–Crippen LogP) is 5.92. The summed E-state index contributed by atoms with van der Waals surface area (Å²) in [6.07, 6.45) is -1.91. The number of aliphatic hydroxyl groups is 2. The quantitative estimate of drug-likeness (QED) is 0.114. The zero-order valence-electron chi connectivity index (χ0n) is 28.4. The van der Waals surface area contributed by atoms with E-state index in [9.17, 15) is 24.6 Å². The lowest BCUT2D eigenvalue weighted by Crippen LogP contribution is -2.41. The third-order valence-electron chi connectivity index (χ3n) is 9.15. The van der Waals surface area contributed by atoms with Crippen LogP contribution in [0.5, 0.6) is 0 Å². The molecule has 3 amide bonds. The van der Waals surface area contributed by atoms with Crippen LogP contribution in [0.1, 0.15) is 53.6 Å². The molecule has 4 aromatic rings. The van der Waals surface area contributed by atoms with Gasteiger partial charge in [-0.1, -0.05) is 97.9 Å². The number of hydrogen-bond donors (Lipinski definition) is 3. The van der Waals surface area contributed by atoms with Gasteiger partial charge in [-0.05, 0) is 45.5 Å². The average molecular weight is 711 g/mol. The highest BCUT2D eigenvalue weighted by molar-refractivity contribution is 7.99. The Morgan fingerprint density at radius 2 is 1.59 bits per heavy atom. The van der Waals surface area contributed by atoms with Crippen LogP contribution in [-0.2, 0) is 43.6 Å². The van der Waals surface area contributed by atoms with E-state index in [0.29, 0.717) is 11.5 Å². The Kier molecular flexibility index (Phi) is 12.2. The number of alkyl carbamates (subject to hydrolysis) is 1. The summed E-state index contributed by atoms with van der Waals surface area (Å²) in [6, 6.07) is 31.6. The topological polar surface area (TPSA) is 135 Å². The van der Waals surface area contributed by atoms with E-state index in [0.717, 1.165) is 38.9 Å². The molecule has 266 valence electrons. The van der Waals surface area contributed by atoms with Gasteiger partial charge in [0, 0.05) is 23.0 Å². The van der Waals surface area contributed by atoms with Crippen molar-refractivity contribution in [2.24, 2.45) is 5.92 Å². The van der Waals surface area contributed by atoms with Gasteiger partial charge in [0.2, 0.25) is 5.91 Å². The smallest absolute Gasteiger partial charge is 0.408 e. The highest BCUT2D eigenvalue weighted by atomic mass is 32.2. The first kappa shape index (κ1) is 36.3. The Morgan fingerprint density at radius 1 is 0.863 bits per heavy atom. The number of nitrogens with one attached hydrogen (secondary N) is 1. The van der Waals surface area contributed by atoms with Gasteiger partial charge in [0.15, 0.2) is 6.29 Å². The van der Waals surface area contributed by atoms with E-state index in [1.807, 2.05) is 103 Å². The largest absolute Gasteiger partial charge is 0.445 e. The standard InChI is InChI=1S/C40H42N2O8S/c1-26-35(25-51-18-17-43)49-39(50-37(26)30-15-13-27(23-44)14-16-30)33-12-6-11-32(20-33)31-10-5-9-29(19-31)22-42-36(45)21-34(38(42)46)41-40(47)48-24-28-7-3-2-4-8-28/h2-16,19-20,26,34-35,37,39,43-44H,17-18,21-25H2,1H3,(H,41,47)/t26-,34?,35+,37+,39+/m1/s1. The molecule has 3 N–H and O–H groups in total. The van der Waals surface area contributed by atoms with E-state index in [1.54, 1.807) is 11.8 Å². The van der Waals surface area contributed by atoms with E-state index >= 15 is 0 Å². The van der Waals surface area contributed by atoms with Crippen LogP contribution in [0, 0.1) is 5.92 Å². The lowest BCUT2D eigenvalue weighted by Gasteiger charge is -2.41. The molecule has 4 aromatic carbocycles. The minimum absolute atomic E-state index is 0.0319. The maximum absolute atomic E-state index is 13.2. The molecular formula is C40H42N2O8S. The molecule has 51 heavy (non-hydrogen) atoms. The van der Waals surface area contributed by atoms with E-state index < -0.39 is 24.3 Å². The molecule has 0 aliphatic carbocycles. The zero-order chi connectivity index (χ0) is 35.7. The van der Waals surface area contributed by atoms with Gasteiger partial charge in [-0.15, -0.1) is 0 Å². The molecular weight excluding hydrogens is 669 g/mol. The van der Waals surface area contributed by atoms with Crippen LogP contribution in [0.3, 0.4) is 0 Å². The van der Waals surface area contributed by atoms with Gasteiger partial charge in [-0.3, -0.25) is 14.5 Å². The van der Waals surface area contributed by atoms with Crippen molar-refractivity contribution in [2.45, 2.75) is 57.6 Å². The molecule has 2 heterocycles. The minimum Gasteiger partial charge on any atom is -0.445 e. The number of likely N-dealkylation sites (tertiary alicyclic amines) is 1. The van der Waals surface area contributed by atoms with Crippen molar-refractivity contribution in [3.8, 4) is 11.1 Å². The number of ether oxygens (including phenoxy) is 3. The van der Waals surface area contributed by atoms with Crippen molar-refractivity contribution in [1.82, 2.24) is 10.2 Å². The lowest BCUT2D eigenvalue weighted by molar-refractivity contribution is -0.268. The van der Waals surface area contributed by atoms with Crippen molar-refractivity contribution in [3.05, 3.63) is 131 Å². The van der Waals surface area contributed by atoms with Crippen LogP contribution in [0.15, 0.2) is 103 Å². The molecule has 2 saturated heterocycles. The van der Waals surface area contributed by atoms with Gasteiger partial charge in [-0.25, -0.2) is 4.79 Å². The van der Waals surface area contributed by atoms with Crippen molar-refractivity contribution < 1.29 is 38.8 Å². The fourth-order valence-corrected chi connectivity index (χ4v) is 7.25. The van der Waals surface area contributed by atoms with Crippen LogP contribution < -0.4 is 5.32 Å². The van der Waals surface area contributed by atoms with Crippen molar-refractivity contribution in [2.75, 3.05) is 18.1 Å². The second-order valence-corrected chi connectivity index (χ2v) is 13.9. The number of rotatable bonds is 13. The number of carbonyl (C=O) groups is 3. The van der Waals surface area contributed by atoms with Gasteiger partial charge < -0.3 is 29.7 Å². The van der Waals surface area contributed by atoms with Crippen LogP contribution in [0.25, 0.3) is 11.1 Å². The monoisotopic (exact) mass is 710 g/mol. The molecule has 2 fully saturated rings. The Balaban J connectivity index is 1.14. The second kappa shape index (κ2) is 17.1. The number of thioether (sulfide) groups is 1. The Hall–Kier alpha value is -4.52. The first-order valence-electron chi connectivity index (χ1n) is 17.0. The summed E-state index contributed by atoms with van der Waals surface area (Å²) in [4.78, 5) is 39.6. The zero-order valence-corrected chi connectivity index (χ0v) is 29.2. The summed E-state index contributed by atoms with van der Waals surface area (Å²) in [5.74, 6) is 0.518. The molecule has 0 radical (unpaired) electrons. The fourth-order valence-electron chi connectivity index (χ4n) is 6.34. The van der Waals surface area contributed by atoms with Crippen molar-refractivity contribution >= 4 is 29.7 Å². The Bertz CT molecular complexity index is 1800. The second-order valence-electron chi connectivity index (χ2n) is 12.7. The summed E-state index contributed by atoms with van der Waals surface area (Å²) < 4.78 is 18.4. The number of carbonyl (C=O) groups excluding carboxylic acids is 3. The molecule has 6 rings (SSSR count). The number of nitrogens with zero attached hydrogens (tertiary/aromatic N) is 1. The summed E-state index contributed by atoms with van der Waals surface area (Å²) in [5.41, 5.74) is 6.05. The molecule has 0 aromatic heterocycles. The molecule has 1 unspecified atom stereocenters. The molecule has 11 heteroatoms. The fraction of sp³-hybridized carbons (Fsp3) is 0.325. The normalized spacial score (nSPS) is 21.9. The molecule has 0 spiro atoms. The highest BCUT2D eigenvalue weighted by Crippen LogP contribution is 2.43. The average Bonchev–Trinajstić information content (AvgIpc) is 3.42. The van der Waals surface area contributed by atoms with Crippen LogP contribution in [0.2, 0.25) is 0 Å². The maximum atomic E-state index is 13.2. The molecule has 2 aliphatic rings. The first-order valence-corrected chi connectivity index (χ1v) is 18.2. The van der Waals surface area contributed by atoms with Crippen LogP contribution in [-0.4, -0.2) is 63.3 Å². The summed E-state index contributed by atoms with van der Waals surface area (Å²) in [6.45, 7) is 2.30. The maximum Gasteiger partial charge on any atom is 0.408 e. The van der Waals surface area contributed by atoms with Crippen LogP contribution in [0.4, 0.5) is 4.79 Å². The van der Waals surface area contributed by atoms with Crippen molar-refractivity contribution in [3.63, 3.8) is 0 Å². The van der Waals surface area contributed by atoms with Crippen molar-refractivity contribution in [1.29, 1.82) is 0 Å². The molecule has 0 saturated carbocycles. The minimum atomic E-state index is -0.985. The number of imide groups is 1. The number of amides is 3. The summed E-state index contributed by atoms with van der Waals surface area (Å²) >= 11 is 1.64.